The second-order valence-electron chi connectivity index (χ2n) is 2.59. The zero-order valence-electron chi connectivity index (χ0n) is 7.02. The van der Waals surface area contributed by atoms with Gasteiger partial charge in [-0.05, 0) is 12.1 Å². The van der Waals surface area contributed by atoms with Gasteiger partial charge in [-0.2, -0.15) is 5.26 Å². The molecule has 3 nitrogen and oxygen atoms in total. The molecule has 0 atom stereocenters. The Balaban J connectivity index is 2.50. The SMILES string of the molecule is N#Cc1ccc(-c2cncc(=S)[nH]2)s1. The average Bonchev–Trinajstić information content (AvgIpc) is 2.66. The summed E-state index contributed by atoms with van der Waals surface area (Å²) in [5.74, 6) is 0. The molecule has 2 rings (SSSR count). The summed E-state index contributed by atoms with van der Waals surface area (Å²) >= 11 is 6.37. The minimum absolute atomic E-state index is 0.592. The van der Waals surface area contributed by atoms with Gasteiger partial charge in [-0.1, -0.05) is 12.2 Å². The average molecular weight is 219 g/mol. The summed E-state index contributed by atoms with van der Waals surface area (Å²) in [7, 11) is 0. The van der Waals surface area contributed by atoms with Gasteiger partial charge in [0.2, 0.25) is 0 Å². The van der Waals surface area contributed by atoms with E-state index < -0.39 is 0 Å². The lowest BCUT2D eigenvalue weighted by molar-refractivity contribution is 1.19. The van der Waals surface area contributed by atoms with Gasteiger partial charge < -0.3 is 4.98 Å². The molecule has 0 aliphatic carbocycles. The summed E-state index contributed by atoms with van der Waals surface area (Å²) in [5.41, 5.74) is 0.851. The second kappa shape index (κ2) is 3.70. The van der Waals surface area contributed by atoms with Crippen molar-refractivity contribution < 1.29 is 0 Å². The highest BCUT2D eigenvalue weighted by molar-refractivity contribution is 7.71. The molecule has 2 heterocycles. The molecule has 0 radical (unpaired) electrons. The van der Waals surface area contributed by atoms with Crippen LogP contribution in [-0.4, -0.2) is 9.97 Å². The third kappa shape index (κ3) is 1.71. The van der Waals surface area contributed by atoms with Crippen molar-refractivity contribution in [2.75, 3.05) is 0 Å². The number of nitrogens with one attached hydrogen (secondary N) is 1. The maximum atomic E-state index is 8.67. The first kappa shape index (κ1) is 9.06. The standard InChI is InChI=1S/C9H5N3S2/c10-3-6-1-2-8(14-6)7-4-11-5-9(13)12-7/h1-2,4-5H,(H,12,13). The van der Waals surface area contributed by atoms with Crippen LogP contribution in [0.25, 0.3) is 10.6 Å². The van der Waals surface area contributed by atoms with E-state index in [1.807, 2.05) is 6.07 Å². The van der Waals surface area contributed by atoms with Crippen molar-refractivity contribution in [3.63, 3.8) is 0 Å². The van der Waals surface area contributed by atoms with E-state index in [0.29, 0.717) is 9.52 Å². The molecule has 5 heteroatoms. The first-order valence-electron chi connectivity index (χ1n) is 3.84. The van der Waals surface area contributed by atoms with Gasteiger partial charge in [0.05, 0.1) is 23.0 Å². The van der Waals surface area contributed by atoms with Crippen LogP contribution in [0.4, 0.5) is 0 Å². The van der Waals surface area contributed by atoms with Crippen LogP contribution in [-0.2, 0) is 0 Å². The largest absolute Gasteiger partial charge is 0.343 e. The number of nitrogens with zero attached hydrogens (tertiary/aromatic N) is 2. The summed E-state index contributed by atoms with van der Waals surface area (Å²) in [6.07, 6.45) is 3.28. The van der Waals surface area contributed by atoms with Crippen LogP contribution >= 0.6 is 23.6 Å². The predicted molar refractivity (Wildman–Crippen MR) is 57.4 cm³/mol. The highest BCUT2D eigenvalue weighted by Crippen LogP contribution is 2.25. The number of aromatic nitrogens is 2. The van der Waals surface area contributed by atoms with E-state index in [1.54, 1.807) is 18.5 Å². The van der Waals surface area contributed by atoms with Crippen molar-refractivity contribution >= 4 is 23.6 Å². The Morgan fingerprint density at radius 1 is 1.43 bits per heavy atom. The zero-order valence-corrected chi connectivity index (χ0v) is 8.65. The van der Waals surface area contributed by atoms with Crippen molar-refractivity contribution in [1.82, 2.24) is 9.97 Å². The molecule has 2 aromatic rings. The summed E-state index contributed by atoms with van der Waals surface area (Å²) in [5, 5.41) is 8.67. The molecule has 68 valence electrons. The van der Waals surface area contributed by atoms with E-state index >= 15 is 0 Å². The zero-order chi connectivity index (χ0) is 9.97. The number of H-pyrrole nitrogens is 1. The van der Waals surface area contributed by atoms with E-state index in [1.165, 1.54) is 11.3 Å². The van der Waals surface area contributed by atoms with Crippen LogP contribution in [0.15, 0.2) is 24.5 Å². The minimum atomic E-state index is 0.592. The molecular weight excluding hydrogens is 214 g/mol. The second-order valence-corrected chi connectivity index (χ2v) is 4.11. The molecule has 0 unspecified atom stereocenters. The Bertz CT molecular complexity index is 547. The van der Waals surface area contributed by atoms with Gasteiger partial charge in [0.25, 0.3) is 0 Å². The molecule has 0 saturated heterocycles. The monoisotopic (exact) mass is 219 g/mol. The van der Waals surface area contributed by atoms with Crippen LogP contribution < -0.4 is 0 Å². The molecular formula is C9H5N3S2. The molecule has 0 aromatic carbocycles. The molecule has 0 aliphatic heterocycles. The normalized spacial score (nSPS) is 9.64. The van der Waals surface area contributed by atoms with E-state index in [2.05, 4.69) is 16.0 Å². The Morgan fingerprint density at radius 2 is 2.29 bits per heavy atom. The van der Waals surface area contributed by atoms with Crippen LogP contribution in [0.5, 0.6) is 0 Å². The van der Waals surface area contributed by atoms with Gasteiger partial charge in [-0.25, -0.2) is 0 Å². The molecule has 14 heavy (non-hydrogen) atoms. The van der Waals surface area contributed by atoms with E-state index in [-0.39, 0.29) is 0 Å². The fourth-order valence-electron chi connectivity index (χ4n) is 1.04. The number of aromatic amines is 1. The highest BCUT2D eigenvalue weighted by Gasteiger charge is 2.02. The Morgan fingerprint density at radius 3 is 2.93 bits per heavy atom. The lowest BCUT2D eigenvalue weighted by atomic mass is 10.3. The minimum Gasteiger partial charge on any atom is -0.343 e. The summed E-state index contributed by atoms with van der Waals surface area (Å²) in [6.45, 7) is 0. The van der Waals surface area contributed by atoms with Crippen molar-refractivity contribution in [3.8, 4) is 16.6 Å². The smallest absolute Gasteiger partial charge is 0.122 e. The number of rotatable bonds is 1. The third-order valence-corrected chi connectivity index (χ3v) is 2.87. The van der Waals surface area contributed by atoms with Gasteiger partial charge in [0.1, 0.15) is 15.6 Å². The molecule has 0 aliphatic rings. The van der Waals surface area contributed by atoms with Gasteiger partial charge in [-0.3, -0.25) is 4.98 Å². The van der Waals surface area contributed by atoms with E-state index in [9.17, 15) is 0 Å². The van der Waals surface area contributed by atoms with Crippen molar-refractivity contribution in [2.45, 2.75) is 0 Å². The van der Waals surface area contributed by atoms with Crippen LogP contribution in [0.3, 0.4) is 0 Å². The van der Waals surface area contributed by atoms with E-state index in [4.69, 9.17) is 17.5 Å². The van der Waals surface area contributed by atoms with Gasteiger partial charge in [0.15, 0.2) is 0 Å². The van der Waals surface area contributed by atoms with Gasteiger partial charge in [-0.15, -0.1) is 11.3 Å². The topological polar surface area (TPSA) is 52.5 Å². The highest BCUT2D eigenvalue weighted by atomic mass is 32.1. The Labute approximate surface area is 89.7 Å². The fraction of sp³-hybridized carbons (Fsp3) is 0. The Kier molecular flexibility index (Phi) is 2.39. The molecule has 0 fully saturated rings. The van der Waals surface area contributed by atoms with Crippen molar-refractivity contribution in [2.24, 2.45) is 0 Å². The molecule has 0 saturated carbocycles. The molecule has 0 amide bonds. The fourth-order valence-corrected chi connectivity index (χ4v) is 1.98. The predicted octanol–water partition coefficient (Wildman–Crippen LogP) is 2.74. The number of hydrogen-bond acceptors (Lipinski definition) is 4. The summed E-state index contributed by atoms with van der Waals surface area (Å²) < 4.78 is 0.592. The molecule has 0 spiro atoms. The lowest BCUT2D eigenvalue weighted by Crippen LogP contribution is -1.82. The molecule has 0 bridgehead atoms. The van der Waals surface area contributed by atoms with Crippen LogP contribution in [0.1, 0.15) is 4.88 Å². The van der Waals surface area contributed by atoms with Crippen LogP contribution in [0, 0.1) is 16.0 Å². The van der Waals surface area contributed by atoms with Crippen molar-refractivity contribution in [3.05, 3.63) is 34.0 Å². The molecule has 1 N–H and O–H groups in total. The first-order valence-corrected chi connectivity index (χ1v) is 5.07. The summed E-state index contributed by atoms with van der Waals surface area (Å²) in [6, 6.07) is 5.75. The maximum absolute atomic E-state index is 8.67. The summed E-state index contributed by atoms with van der Waals surface area (Å²) in [4.78, 5) is 8.65. The van der Waals surface area contributed by atoms with Crippen molar-refractivity contribution in [1.29, 1.82) is 5.26 Å². The van der Waals surface area contributed by atoms with E-state index in [0.717, 1.165) is 10.6 Å². The third-order valence-electron chi connectivity index (χ3n) is 1.63. The first-order chi connectivity index (χ1) is 6.79. The lowest BCUT2D eigenvalue weighted by Gasteiger charge is -1.94. The number of hydrogen-bond donors (Lipinski definition) is 1. The quantitative estimate of drug-likeness (QED) is 0.750. The van der Waals surface area contributed by atoms with Gasteiger partial charge in [0, 0.05) is 0 Å². The number of thiophene rings is 1. The maximum Gasteiger partial charge on any atom is 0.122 e. The Hall–Kier alpha value is -1.51. The number of nitriles is 1. The van der Waals surface area contributed by atoms with Crippen LogP contribution in [0.2, 0.25) is 0 Å². The van der Waals surface area contributed by atoms with Gasteiger partial charge >= 0.3 is 0 Å². The molecule has 2 aromatic heterocycles.